The van der Waals surface area contributed by atoms with Crippen molar-refractivity contribution in [2.75, 3.05) is 12.4 Å². The quantitative estimate of drug-likeness (QED) is 0.494. The van der Waals surface area contributed by atoms with E-state index in [4.69, 9.17) is 9.84 Å². The van der Waals surface area contributed by atoms with E-state index >= 15 is 0 Å². The Hall–Kier alpha value is -2.31. The highest BCUT2D eigenvalue weighted by Crippen LogP contribution is 2.24. The molecule has 2 aromatic carbocycles. The van der Waals surface area contributed by atoms with E-state index in [9.17, 15) is 0 Å². The highest BCUT2D eigenvalue weighted by Gasteiger charge is 2.15. The maximum Gasteiger partial charge on any atom is 0.195 e. The summed E-state index contributed by atoms with van der Waals surface area (Å²) in [7, 11) is 0. The van der Waals surface area contributed by atoms with Gasteiger partial charge in [-0.1, -0.05) is 48.2 Å². The summed E-state index contributed by atoms with van der Waals surface area (Å²) in [6.07, 6.45) is 0.724. The van der Waals surface area contributed by atoms with Crippen LogP contribution in [0.15, 0.2) is 59.8 Å². The van der Waals surface area contributed by atoms with Gasteiger partial charge in [-0.3, -0.25) is 4.57 Å². The van der Waals surface area contributed by atoms with Crippen LogP contribution in [0.5, 0.6) is 5.75 Å². The average Bonchev–Trinajstić information content (AvgIpc) is 3.05. The van der Waals surface area contributed by atoms with Crippen molar-refractivity contribution in [3.63, 3.8) is 0 Å². The first-order valence-electron chi connectivity index (χ1n) is 8.21. The molecular weight excluding hydrogens is 334 g/mol. The minimum Gasteiger partial charge on any atom is -0.485 e. The smallest absolute Gasteiger partial charge is 0.195 e. The fourth-order valence-corrected chi connectivity index (χ4v) is 3.31. The lowest BCUT2D eigenvalue weighted by Gasteiger charge is -2.12. The Morgan fingerprint density at radius 3 is 2.56 bits per heavy atom. The average molecular weight is 355 g/mol. The molecule has 1 heterocycles. The molecule has 0 amide bonds. The molecular formula is C19H21N3O2S. The molecule has 3 rings (SSSR count). The molecule has 5 nitrogen and oxygen atoms in total. The number of para-hydroxylation sites is 2. The molecule has 0 unspecified atom stereocenters. The lowest BCUT2D eigenvalue weighted by atomic mass is 10.2. The molecule has 0 bridgehead atoms. The first kappa shape index (κ1) is 17.5. The van der Waals surface area contributed by atoms with Crippen molar-refractivity contribution in [2.45, 2.75) is 25.1 Å². The Bertz CT molecular complexity index is 805. The van der Waals surface area contributed by atoms with Crippen LogP contribution < -0.4 is 4.74 Å². The topological polar surface area (TPSA) is 60.2 Å². The number of aryl methyl sites for hydroxylation is 1. The molecule has 0 fully saturated rings. The monoisotopic (exact) mass is 355 g/mol. The van der Waals surface area contributed by atoms with E-state index < -0.39 is 0 Å². The summed E-state index contributed by atoms with van der Waals surface area (Å²) >= 11 is 1.59. The van der Waals surface area contributed by atoms with Crippen LogP contribution in [0.4, 0.5) is 0 Å². The Kier molecular flexibility index (Phi) is 6.09. The lowest BCUT2D eigenvalue weighted by Crippen LogP contribution is -2.07. The maximum atomic E-state index is 9.00. The van der Waals surface area contributed by atoms with E-state index in [-0.39, 0.29) is 6.61 Å². The number of benzene rings is 2. The second kappa shape index (κ2) is 8.69. The molecule has 1 N–H and O–H groups in total. The lowest BCUT2D eigenvalue weighted by molar-refractivity contribution is 0.291. The molecule has 130 valence electrons. The van der Waals surface area contributed by atoms with Gasteiger partial charge in [0.05, 0.1) is 0 Å². The first-order chi connectivity index (χ1) is 12.3. The van der Waals surface area contributed by atoms with Gasteiger partial charge in [-0.05, 0) is 37.1 Å². The molecule has 0 radical (unpaired) electrons. The largest absolute Gasteiger partial charge is 0.485 e. The minimum absolute atomic E-state index is 0.176. The number of aliphatic hydroxyl groups is 1. The van der Waals surface area contributed by atoms with Crippen LogP contribution in [0, 0.1) is 6.92 Å². The first-order valence-corrected chi connectivity index (χ1v) is 9.20. The number of aliphatic hydroxyl groups excluding tert-OH is 1. The van der Waals surface area contributed by atoms with Crippen molar-refractivity contribution < 1.29 is 9.84 Å². The summed E-state index contributed by atoms with van der Waals surface area (Å²) in [5, 5.41) is 18.4. The van der Waals surface area contributed by atoms with Crippen LogP contribution in [-0.2, 0) is 6.61 Å². The second-order valence-electron chi connectivity index (χ2n) is 5.55. The van der Waals surface area contributed by atoms with Crippen molar-refractivity contribution in [1.82, 2.24) is 14.8 Å². The van der Waals surface area contributed by atoms with Crippen molar-refractivity contribution in [3.05, 3.63) is 66.0 Å². The van der Waals surface area contributed by atoms with Crippen molar-refractivity contribution >= 4 is 11.8 Å². The molecule has 0 atom stereocenters. The van der Waals surface area contributed by atoms with Gasteiger partial charge in [0.25, 0.3) is 0 Å². The zero-order valence-electron chi connectivity index (χ0n) is 14.1. The van der Waals surface area contributed by atoms with Gasteiger partial charge in [-0.15, -0.1) is 10.2 Å². The molecule has 3 aromatic rings. The van der Waals surface area contributed by atoms with E-state index in [0.717, 1.165) is 40.2 Å². The summed E-state index contributed by atoms with van der Waals surface area (Å²) in [5.74, 6) is 2.39. The van der Waals surface area contributed by atoms with Crippen molar-refractivity contribution in [3.8, 4) is 11.4 Å². The normalized spacial score (nSPS) is 10.8. The molecule has 6 heteroatoms. The van der Waals surface area contributed by atoms with Crippen molar-refractivity contribution in [1.29, 1.82) is 0 Å². The summed E-state index contributed by atoms with van der Waals surface area (Å²) in [6, 6.07) is 17.9. The summed E-state index contributed by atoms with van der Waals surface area (Å²) < 4.78 is 7.97. The van der Waals surface area contributed by atoms with Crippen LogP contribution in [0.3, 0.4) is 0 Å². The van der Waals surface area contributed by atoms with Crippen LogP contribution in [0.25, 0.3) is 5.69 Å². The summed E-state index contributed by atoms with van der Waals surface area (Å²) in [4.78, 5) is 0. The zero-order valence-corrected chi connectivity index (χ0v) is 14.9. The third-order valence-corrected chi connectivity index (χ3v) is 4.71. The van der Waals surface area contributed by atoms with Gasteiger partial charge in [-0.25, -0.2) is 0 Å². The Morgan fingerprint density at radius 1 is 1.04 bits per heavy atom. The number of hydrogen-bond donors (Lipinski definition) is 1. The van der Waals surface area contributed by atoms with Gasteiger partial charge in [0.15, 0.2) is 11.0 Å². The zero-order chi connectivity index (χ0) is 17.5. The number of hydrogen-bond acceptors (Lipinski definition) is 5. The minimum atomic E-state index is 0.176. The van der Waals surface area contributed by atoms with Crippen molar-refractivity contribution in [2.24, 2.45) is 0 Å². The molecule has 0 saturated carbocycles. The second-order valence-corrected chi connectivity index (χ2v) is 6.61. The molecule has 0 spiro atoms. The highest BCUT2D eigenvalue weighted by molar-refractivity contribution is 7.99. The summed E-state index contributed by atoms with van der Waals surface area (Å²) in [5.41, 5.74) is 2.09. The Balaban J connectivity index is 1.84. The third kappa shape index (κ3) is 4.41. The van der Waals surface area contributed by atoms with Crippen LogP contribution >= 0.6 is 11.8 Å². The molecule has 0 saturated heterocycles. The SMILES string of the molecule is Cc1ccccc1OCc1nnc(SCCCO)n1-c1ccccc1. The number of thioether (sulfide) groups is 1. The molecule has 0 aliphatic heterocycles. The van der Waals surface area contributed by atoms with E-state index in [2.05, 4.69) is 10.2 Å². The maximum absolute atomic E-state index is 9.00. The Morgan fingerprint density at radius 2 is 1.80 bits per heavy atom. The van der Waals surface area contributed by atoms with Crippen LogP contribution in [-0.4, -0.2) is 32.2 Å². The molecule has 25 heavy (non-hydrogen) atoms. The van der Waals surface area contributed by atoms with Gasteiger partial charge in [0.1, 0.15) is 12.4 Å². The van der Waals surface area contributed by atoms with E-state index in [1.807, 2.05) is 66.1 Å². The number of ether oxygens (including phenoxy) is 1. The predicted octanol–water partition coefficient (Wildman–Crippen LogP) is 3.63. The predicted molar refractivity (Wildman–Crippen MR) is 99.3 cm³/mol. The van der Waals surface area contributed by atoms with Gasteiger partial charge in [0.2, 0.25) is 0 Å². The van der Waals surface area contributed by atoms with Crippen LogP contribution in [0.1, 0.15) is 17.8 Å². The van der Waals surface area contributed by atoms with Gasteiger partial charge in [-0.2, -0.15) is 0 Å². The molecule has 0 aliphatic rings. The number of aromatic nitrogens is 3. The van der Waals surface area contributed by atoms with Gasteiger partial charge >= 0.3 is 0 Å². The Labute approximate surface area is 151 Å². The summed E-state index contributed by atoms with van der Waals surface area (Å²) in [6.45, 7) is 2.54. The third-order valence-electron chi connectivity index (χ3n) is 3.70. The van der Waals surface area contributed by atoms with E-state index in [1.165, 1.54) is 0 Å². The fraction of sp³-hybridized carbons (Fsp3) is 0.263. The molecule has 0 aliphatic carbocycles. The standard InChI is InChI=1S/C19H21N3O2S/c1-15-8-5-6-11-17(15)24-14-18-20-21-19(25-13-7-12-23)22(18)16-9-3-2-4-10-16/h2-6,8-11,23H,7,12-14H2,1H3. The fourth-order valence-electron chi connectivity index (χ4n) is 2.41. The van der Waals surface area contributed by atoms with Gasteiger partial charge in [0, 0.05) is 18.0 Å². The number of nitrogens with zero attached hydrogens (tertiary/aromatic N) is 3. The molecule has 1 aromatic heterocycles. The highest BCUT2D eigenvalue weighted by atomic mass is 32.2. The van der Waals surface area contributed by atoms with E-state index in [0.29, 0.717) is 6.61 Å². The van der Waals surface area contributed by atoms with Crippen LogP contribution in [0.2, 0.25) is 0 Å². The van der Waals surface area contributed by atoms with Gasteiger partial charge < -0.3 is 9.84 Å². The van der Waals surface area contributed by atoms with E-state index in [1.54, 1.807) is 11.8 Å². The number of rotatable bonds is 8.